The monoisotopic (exact) mass is 328 g/mol. The molecule has 0 unspecified atom stereocenters. The molecule has 0 aliphatic carbocycles. The van der Waals surface area contributed by atoms with E-state index in [1.54, 1.807) is 13.1 Å². The molecule has 0 aliphatic heterocycles. The lowest BCUT2D eigenvalue weighted by Crippen LogP contribution is -2.33. The quantitative estimate of drug-likeness (QED) is 0.876. The number of carbonyl (C=O) groups excluding carboxylic acids is 1. The molecule has 9 heteroatoms. The molecule has 0 bridgehead atoms. The molecule has 6 nitrogen and oxygen atoms in total. The van der Waals surface area contributed by atoms with Gasteiger partial charge in [0.25, 0.3) is 5.91 Å². The first-order chi connectivity index (χ1) is 10.8. The molecule has 2 N–H and O–H groups in total. The van der Waals surface area contributed by atoms with Gasteiger partial charge in [0.2, 0.25) is 0 Å². The van der Waals surface area contributed by atoms with Crippen molar-refractivity contribution < 1.29 is 23.1 Å². The van der Waals surface area contributed by atoms with Gasteiger partial charge in [0.15, 0.2) is 0 Å². The lowest BCUT2D eigenvalue weighted by atomic mass is 10.2. The van der Waals surface area contributed by atoms with E-state index in [-0.39, 0.29) is 25.3 Å². The molecule has 0 saturated carbocycles. The topological polar surface area (TPSA) is 82.1 Å². The second-order valence-corrected chi connectivity index (χ2v) is 4.87. The molecule has 0 aromatic carbocycles. The van der Waals surface area contributed by atoms with Crippen molar-refractivity contribution >= 4 is 5.91 Å². The highest BCUT2D eigenvalue weighted by molar-refractivity contribution is 5.93. The maximum absolute atomic E-state index is 12.5. The fraction of sp³-hybridized carbons (Fsp3) is 0.357. The molecule has 0 radical (unpaired) electrons. The van der Waals surface area contributed by atoms with Crippen molar-refractivity contribution in [3.05, 3.63) is 47.3 Å². The van der Waals surface area contributed by atoms with Crippen molar-refractivity contribution in [2.75, 3.05) is 13.2 Å². The van der Waals surface area contributed by atoms with Gasteiger partial charge in [-0.05, 0) is 19.1 Å². The highest BCUT2D eigenvalue weighted by Gasteiger charge is 2.32. The van der Waals surface area contributed by atoms with Crippen LogP contribution >= 0.6 is 0 Å². The SMILES string of the molecule is Cc1ncc(CN(CCO)C(=O)c2ccc(C(F)(F)F)nc2)[nH]1. The van der Waals surface area contributed by atoms with Crippen LogP contribution in [0.5, 0.6) is 0 Å². The van der Waals surface area contributed by atoms with Crippen molar-refractivity contribution in [2.24, 2.45) is 0 Å². The first-order valence-electron chi connectivity index (χ1n) is 6.75. The maximum Gasteiger partial charge on any atom is 0.433 e. The first kappa shape index (κ1) is 16.9. The molecule has 0 aliphatic rings. The molecule has 0 saturated heterocycles. The number of aryl methyl sites for hydroxylation is 1. The summed E-state index contributed by atoms with van der Waals surface area (Å²) in [5, 5.41) is 9.08. The summed E-state index contributed by atoms with van der Waals surface area (Å²) < 4.78 is 37.5. The van der Waals surface area contributed by atoms with Gasteiger partial charge >= 0.3 is 6.18 Å². The van der Waals surface area contributed by atoms with Gasteiger partial charge < -0.3 is 15.0 Å². The second kappa shape index (κ2) is 6.78. The summed E-state index contributed by atoms with van der Waals surface area (Å²) in [6.07, 6.45) is -2.12. The third kappa shape index (κ3) is 4.28. The molecular weight excluding hydrogens is 313 g/mol. The molecule has 1 amide bonds. The molecule has 0 atom stereocenters. The predicted octanol–water partition coefficient (Wildman–Crippen LogP) is 1.77. The molecule has 2 rings (SSSR count). The first-order valence-corrected chi connectivity index (χ1v) is 6.75. The van der Waals surface area contributed by atoms with Gasteiger partial charge in [0.1, 0.15) is 11.5 Å². The number of amides is 1. The molecule has 2 aromatic rings. The number of H-pyrrole nitrogens is 1. The molecule has 23 heavy (non-hydrogen) atoms. The number of aromatic amines is 1. The van der Waals surface area contributed by atoms with Crippen LogP contribution in [0.3, 0.4) is 0 Å². The van der Waals surface area contributed by atoms with E-state index < -0.39 is 17.8 Å². The van der Waals surface area contributed by atoms with Crippen LogP contribution in [0.25, 0.3) is 0 Å². The predicted molar refractivity (Wildman–Crippen MR) is 74.4 cm³/mol. The van der Waals surface area contributed by atoms with Crippen molar-refractivity contribution in [1.82, 2.24) is 19.9 Å². The van der Waals surface area contributed by atoms with Gasteiger partial charge in [0, 0.05) is 12.7 Å². The van der Waals surface area contributed by atoms with E-state index in [0.717, 1.165) is 18.3 Å². The van der Waals surface area contributed by atoms with Crippen molar-refractivity contribution in [2.45, 2.75) is 19.6 Å². The van der Waals surface area contributed by atoms with Gasteiger partial charge in [-0.1, -0.05) is 0 Å². The maximum atomic E-state index is 12.5. The van der Waals surface area contributed by atoms with E-state index in [2.05, 4.69) is 15.0 Å². The number of nitrogens with zero attached hydrogens (tertiary/aromatic N) is 3. The summed E-state index contributed by atoms with van der Waals surface area (Å²) in [5.41, 5.74) is -0.390. The third-order valence-electron chi connectivity index (χ3n) is 3.07. The number of halogens is 3. The number of aliphatic hydroxyl groups excluding tert-OH is 1. The zero-order valence-electron chi connectivity index (χ0n) is 12.3. The Labute approximate surface area is 130 Å². The lowest BCUT2D eigenvalue weighted by molar-refractivity contribution is -0.141. The number of aromatic nitrogens is 3. The summed E-state index contributed by atoms with van der Waals surface area (Å²) >= 11 is 0. The zero-order chi connectivity index (χ0) is 17.0. The number of carbonyl (C=O) groups is 1. The van der Waals surface area contributed by atoms with Gasteiger partial charge in [-0.15, -0.1) is 0 Å². The summed E-state index contributed by atoms with van der Waals surface area (Å²) in [6.45, 7) is 1.67. The van der Waals surface area contributed by atoms with Gasteiger partial charge in [0.05, 0.1) is 30.6 Å². The number of hydrogen-bond acceptors (Lipinski definition) is 4. The van der Waals surface area contributed by atoms with E-state index in [1.165, 1.54) is 4.90 Å². The van der Waals surface area contributed by atoms with Crippen LogP contribution in [0.4, 0.5) is 13.2 Å². The molecule has 2 heterocycles. The Morgan fingerprint density at radius 2 is 2.04 bits per heavy atom. The molecule has 0 fully saturated rings. The Balaban J connectivity index is 2.17. The fourth-order valence-electron chi connectivity index (χ4n) is 2.00. The Kier molecular flexibility index (Phi) is 4.99. The Morgan fingerprint density at radius 3 is 2.52 bits per heavy atom. The number of alkyl halides is 3. The Bertz CT molecular complexity index is 667. The van der Waals surface area contributed by atoms with Crippen LogP contribution in [-0.2, 0) is 12.7 Å². The number of imidazole rings is 1. The normalized spacial score (nSPS) is 11.5. The summed E-state index contributed by atoms with van der Waals surface area (Å²) in [5.74, 6) is 0.153. The summed E-state index contributed by atoms with van der Waals surface area (Å²) in [7, 11) is 0. The molecule has 0 spiro atoms. The summed E-state index contributed by atoms with van der Waals surface area (Å²) in [4.78, 5) is 23.9. The van der Waals surface area contributed by atoms with Crippen molar-refractivity contribution in [1.29, 1.82) is 0 Å². The van der Waals surface area contributed by atoms with Crippen LogP contribution in [0, 0.1) is 6.92 Å². The van der Waals surface area contributed by atoms with E-state index in [9.17, 15) is 18.0 Å². The molecule has 2 aromatic heterocycles. The van der Waals surface area contributed by atoms with Gasteiger partial charge in [-0.3, -0.25) is 9.78 Å². The second-order valence-electron chi connectivity index (χ2n) is 4.87. The van der Waals surface area contributed by atoms with Crippen LogP contribution in [0.2, 0.25) is 0 Å². The fourth-order valence-corrected chi connectivity index (χ4v) is 2.00. The number of hydrogen-bond donors (Lipinski definition) is 2. The molecular formula is C14H15F3N4O2. The Morgan fingerprint density at radius 1 is 1.30 bits per heavy atom. The standard InChI is InChI=1S/C14H15F3N4O2/c1-9-18-7-11(20-9)8-21(4-5-22)13(23)10-2-3-12(19-6-10)14(15,16)17/h2-3,6-7,22H,4-5,8H2,1H3,(H,18,20). The number of pyridine rings is 1. The van der Waals surface area contributed by atoms with Crippen LogP contribution in [0.1, 0.15) is 27.6 Å². The minimum atomic E-state index is -4.56. The van der Waals surface area contributed by atoms with Crippen LogP contribution in [-0.4, -0.2) is 44.0 Å². The Hall–Kier alpha value is -2.42. The van der Waals surface area contributed by atoms with Crippen molar-refractivity contribution in [3.8, 4) is 0 Å². The average Bonchev–Trinajstić information content (AvgIpc) is 2.90. The van der Waals surface area contributed by atoms with E-state index in [0.29, 0.717) is 11.5 Å². The van der Waals surface area contributed by atoms with E-state index >= 15 is 0 Å². The summed E-state index contributed by atoms with van der Waals surface area (Å²) in [6, 6.07) is 1.82. The number of aliphatic hydroxyl groups is 1. The van der Waals surface area contributed by atoms with E-state index in [4.69, 9.17) is 5.11 Å². The lowest BCUT2D eigenvalue weighted by Gasteiger charge is -2.21. The minimum absolute atomic E-state index is 0.0164. The smallest absolute Gasteiger partial charge is 0.395 e. The van der Waals surface area contributed by atoms with Crippen LogP contribution < -0.4 is 0 Å². The zero-order valence-corrected chi connectivity index (χ0v) is 12.3. The largest absolute Gasteiger partial charge is 0.433 e. The van der Waals surface area contributed by atoms with Gasteiger partial charge in [-0.25, -0.2) is 4.98 Å². The molecule has 124 valence electrons. The van der Waals surface area contributed by atoms with Gasteiger partial charge in [-0.2, -0.15) is 13.2 Å². The van der Waals surface area contributed by atoms with Crippen LogP contribution in [0.15, 0.2) is 24.5 Å². The average molecular weight is 328 g/mol. The highest BCUT2D eigenvalue weighted by atomic mass is 19.4. The number of nitrogens with one attached hydrogen (secondary N) is 1. The van der Waals surface area contributed by atoms with E-state index in [1.807, 2.05) is 0 Å². The third-order valence-corrected chi connectivity index (χ3v) is 3.07. The van der Waals surface area contributed by atoms with Crippen molar-refractivity contribution in [3.63, 3.8) is 0 Å². The highest BCUT2D eigenvalue weighted by Crippen LogP contribution is 2.27. The number of rotatable bonds is 5. The minimum Gasteiger partial charge on any atom is -0.395 e.